The van der Waals surface area contributed by atoms with Crippen molar-refractivity contribution in [2.75, 3.05) is 20.3 Å². The highest BCUT2D eigenvalue weighted by molar-refractivity contribution is 5.96. The first-order chi connectivity index (χ1) is 20.8. The van der Waals surface area contributed by atoms with Crippen LogP contribution in [0, 0.1) is 23.6 Å². The smallest absolute Gasteiger partial charge is 0.247 e. The Morgan fingerprint density at radius 3 is 2.65 bits per heavy atom. The van der Waals surface area contributed by atoms with Gasteiger partial charge in [0.15, 0.2) is 11.5 Å². The zero-order chi connectivity index (χ0) is 30.2. The summed E-state index contributed by atoms with van der Waals surface area (Å²) < 4.78 is 26.8. The molecule has 0 spiro atoms. The number of halogens is 1. The van der Waals surface area contributed by atoms with Crippen molar-refractivity contribution in [1.29, 1.82) is 0 Å². The van der Waals surface area contributed by atoms with E-state index in [9.17, 15) is 29.3 Å². The Morgan fingerprint density at radius 2 is 1.98 bits per heavy atom. The maximum Gasteiger partial charge on any atom is 0.247 e. The molecular formula is C33H39FN2O7. The van der Waals surface area contributed by atoms with Gasteiger partial charge in [-0.25, -0.2) is 4.39 Å². The Hall–Kier alpha value is -3.47. The van der Waals surface area contributed by atoms with Gasteiger partial charge < -0.3 is 35.0 Å². The third-order valence-corrected chi connectivity index (χ3v) is 9.79. The third kappa shape index (κ3) is 5.52. The molecule has 0 saturated heterocycles. The fourth-order valence-electron chi connectivity index (χ4n) is 7.76. The molecule has 7 unspecified atom stereocenters. The SMILES string of the molecule is COc1cc(CO)cc2c1OC1C2C(C(=O)NCCO)=CC(N(Cc2ccccc2F)C(=O)CC2CC3CCC2C3)C1O. The van der Waals surface area contributed by atoms with Gasteiger partial charge in [-0.15, -0.1) is 0 Å². The molecule has 10 heteroatoms. The Kier molecular flexibility index (Phi) is 8.44. The molecule has 2 amide bonds. The van der Waals surface area contributed by atoms with Crippen molar-refractivity contribution in [2.45, 2.75) is 69.4 Å². The third-order valence-electron chi connectivity index (χ3n) is 9.79. The van der Waals surface area contributed by atoms with Crippen molar-refractivity contribution in [1.82, 2.24) is 10.2 Å². The maximum atomic E-state index is 14.9. The average molecular weight is 595 g/mol. The summed E-state index contributed by atoms with van der Waals surface area (Å²) in [6.07, 6.45) is 4.12. The number of carbonyl (C=O) groups excluding carboxylic acids is 2. The van der Waals surface area contributed by atoms with E-state index in [1.165, 1.54) is 24.5 Å². The number of hydrogen-bond donors (Lipinski definition) is 4. The summed E-state index contributed by atoms with van der Waals surface area (Å²) in [6.45, 7) is -0.610. The van der Waals surface area contributed by atoms with Crippen LogP contribution in [-0.4, -0.2) is 70.5 Å². The van der Waals surface area contributed by atoms with Gasteiger partial charge in [-0.3, -0.25) is 9.59 Å². The molecule has 3 aliphatic carbocycles. The van der Waals surface area contributed by atoms with E-state index in [0.717, 1.165) is 19.3 Å². The number of methoxy groups -OCH3 is 1. The predicted molar refractivity (Wildman–Crippen MR) is 155 cm³/mol. The molecule has 4 N–H and O–H groups in total. The quantitative estimate of drug-likeness (QED) is 0.333. The number of ether oxygens (including phenoxy) is 2. The van der Waals surface area contributed by atoms with Crippen LogP contribution in [0.5, 0.6) is 11.5 Å². The lowest BCUT2D eigenvalue weighted by Crippen LogP contribution is -2.55. The molecule has 2 fully saturated rings. The van der Waals surface area contributed by atoms with Crippen molar-refractivity contribution in [3.05, 3.63) is 70.6 Å². The summed E-state index contributed by atoms with van der Waals surface area (Å²) in [6, 6.07) is 8.62. The van der Waals surface area contributed by atoms with E-state index >= 15 is 0 Å². The van der Waals surface area contributed by atoms with Crippen LogP contribution in [0.15, 0.2) is 48.0 Å². The average Bonchev–Trinajstić information content (AvgIpc) is 3.74. The first-order valence-corrected chi connectivity index (χ1v) is 15.1. The van der Waals surface area contributed by atoms with E-state index in [4.69, 9.17) is 9.47 Å². The number of rotatable bonds is 10. The molecule has 2 bridgehead atoms. The first-order valence-electron chi connectivity index (χ1n) is 15.1. The molecule has 9 nitrogen and oxygen atoms in total. The minimum absolute atomic E-state index is 0.0105. The lowest BCUT2D eigenvalue weighted by atomic mass is 9.77. The van der Waals surface area contributed by atoms with E-state index in [0.29, 0.717) is 46.4 Å². The molecule has 43 heavy (non-hydrogen) atoms. The van der Waals surface area contributed by atoms with Crippen molar-refractivity contribution >= 4 is 11.8 Å². The van der Waals surface area contributed by atoms with Crippen LogP contribution in [0.25, 0.3) is 0 Å². The number of amides is 2. The topological polar surface area (TPSA) is 129 Å². The van der Waals surface area contributed by atoms with E-state index in [2.05, 4.69) is 5.32 Å². The largest absolute Gasteiger partial charge is 0.493 e. The second-order valence-electron chi connectivity index (χ2n) is 12.3. The molecule has 7 atom stereocenters. The molecule has 0 radical (unpaired) electrons. The van der Waals surface area contributed by atoms with Gasteiger partial charge in [0.05, 0.1) is 32.3 Å². The number of fused-ring (bicyclic) bond motifs is 5. The molecule has 4 aliphatic rings. The van der Waals surface area contributed by atoms with Gasteiger partial charge in [0.25, 0.3) is 0 Å². The number of carbonyl (C=O) groups is 2. The van der Waals surface area contributed by atoms with Crippen LogP contribution >= 0.6 is 0 Å². The summed E-state index contributed by atoms with van der Waals surface area (Å²) in [4.78, 5) is 29.2. The maximum absolute atomic E-state index is 14.9. The zero-order valence-corrected chi connectivity index (χ0v) is 24.2. The van der Waals surface area contributed by atoms with E-state index in [1.54, 1.807) is 36.4 Å². The molecule has 2 saturated carbocycles. The van der Waals surface area contributed by atoms with Crippen molar-refractivity contribution in [3.63, 3.8) is 0 Å². The summed E-state index contributed by atoms with van der Waals surface area (Å²) >= 11 is 0. The molecule has 2 aromatic carbocycles. The van der Waals surface area contributed by atoms with Gasteiger partial charge in [-0.05, 0) is 66.9 Å². The van der Waals surface area contributed by atoms with Gasteiger partial charge in [0, 0.05) is 36.2 Å². The minimum Gasteiger partial charge on any atom is -0.493 e. The van der Waals surface area contributed by atoms with Crippen LogP contribution in [0.4, 0.5) is 4.39 Å². The van der Waals surface area contributed by atoms with Gasteiger partial charge in [0.2, 0.25) is 11.8 Å². The van der Waals surface area contributed by atoms with Crippen molar-refractivity contribution in [2.24, 2.45) is 17.8 Å². The van der Waals surface area contributed by atoms with Gasteiger partial charge in [0.1, 0.15) is 18.0 Å². The minimum atomic E-state index is -1.26. The highest BCUT2D eigenvalue weighted by atomic mass is 19.1. The summed E-state index contributed by atoms with van der Waals surface area (Å²) in [5, 5.41) is 33.9. The van der Waals surface area contributed by atoms with Gasteiger partial charge in [-0.2, -0.15) is 0 Å². The van der Waals surface area contributed by atoms with Gasteiger partial charge >= 0.3 is 0 Å². The van der Waals surface area contributed by atoms with E-state index < -0.39 is 35.9 Å². The summed E-state index contributed by atoms with van der Waals surface area (Å²) in [7, 11) is 1.47. The second-order valence-corrected chi connectivity index (χ2v) is 12.3. The Labute approximate surface area is 250 Å². The standard InChI is InChI=1S/C33H39FN2O7/c1-42-27-13-19(17-38)12-23-29-24(33(41)35-8-9-37)15-26(30(40)32(29)43-31(23)27)36(16-21-4-2-3-5-25(21)34)28(39)14-22-11-18-6-7-20(22)10-18/h2-5,12-13,15,18,20,22,26,29-30,32,37-38,40H,6-11,14,16-17H2,1H3,(H,35,41). The summed E-state index contributed by atoms with van der Waals surface area (Å²) in [5.41, 5.74) is 1.69. The fraction of sp³-hybridized carbons (Fsp3) is 0.515. The lowest BCUT2D eigenvalue weighted by Gasteiger charge is -2.41. The lowest BCUT2D eigenvalue weighted by molar-refractivity contribution is -0.139. The second kappa shape index (κ2) is 12.3. The highest BCUT2D eigenvalue weighted by Crippen LogP contribution is 2.52. The number of aliphatic hydroxyl groups excluding tert-OH is 3. The van der Waals surface area contributed by atoms with Crippen LogP contribution < -0.4 is 14.8 Å². The Morgan fingerprint density at radius 1 is 1.16 bits per heavy atom. The predicted octanol–water partition coefficient (Wildman–Crippen LogP) is 2.80. The van der Waals surface area contributed by atoms with Crippen molar-refractivity contribution in [3.8, 4) is 11.5 Å². The Bertz CT molecular complexity index is 1410. The zero-order valence-electron chi connectivity index (χ0n) is 24.2. The summed E-state index contributed by atoms with van der Waals surface area (Å²) in [5.74, 6) is 0.232. The molecule has 230 valence electrons. The van der Waals surface area contributed by atoms with Crippen LogP contribution in [0.3, 0.4) is 0 Å². The first kappa shape index (κ1) is 29.6. The molecule has 1 aliphatic heterocycles. The number of hydrogen-bond acceptors (Lipinski definition) is 7. The molecule has 6 rings (SSSR count). The normalized spacial score (nSPS) is 28.5. The molecule has 2 aromatic rings. The van der Waals surface area contributed by atoms with Crippen LogP contribution in [0.2, 0.25) is 0 Å². The van der Waals surface area contributed by atoms with Crippen LogP contribution in [-0.2, 0) is 22.7 Å². The molecule has 1 heterocycles. The number of aliphatic hydroxyl groups is 3. The number of nitrogens with zero attached hydrogens (tertiary/aromatic N) is 1. The molecule has 0 aromatic heterocycles. The molecular weight excluding hydrogens is 555 g/mol. The monoisotopic (exact) mass is 594 g/mol. The van der Waals surface area contributed by atoms with Crippen molar-refractivity contribution < 1.29 is 38.8 Å². The van der Waals surface area contributed by atoms with E-state index in [-0.39, 0.29) is 43.7 Å². The van der Waals surface area contributed by atoms with Crippen LogP contribution in [0.1, 0.15) is 54.7 Å². The fourth-order valence-corrected chi connectivity index (χ4v) is 7.76. The number of nitrogens with one attached hydrogen (secondary N) is 1. The number of benzene rings is 2. The Balaban J connectivity index is 1.40. The highest BCUT2D eigenvalue weighted by Gasteiger charge is 2.52. The van der Waals surface area contributed by atoms with E-state index in [1.807, 2.05) is 0 Å². The van der Waals surface area contributed by atoms with Gasteiger partial charge in [-0.1, -0.05) is 24.6 Å².